The molecule has 0 bridgehead atoms. The summed E-state index contributed by atoms with van der Waals surface area (Å²) in [5, 5.41) is 2.49. The second kappa shape index (κ2) is 6.28. The molecule has 1 N–H and O–H groups in total. The van der Waals surface area contributed by atoms with Gasteiger partial charge in [-0.3, -0.25) is 0 Å². The van der Waals surface area contributed by atoms with E-state index in [1.165, 1.54) is 0 Å². The highest BCUT2D eigenvalue weighted by atomic mass is 19.2. The van der Waals surface area contributed by atoms with Crippen molar-refractivity contribution in [1.29, 1.82) is 0 Å². The topological polar surface area (TPSA) is 38.3 Å². The average Bonchev–Trinajstić information content (AvgIpc) is 2.35. The summed E-state index contributed by atoms with van der Waals surface area (Å²) in [5.41, 5.74) is -0.270. The normalized spacial score (nSPS) is 12.1. The van der Waals surface area contributed by atoms with Crippen molar-refractivity contribution in [2.24, 2.45) is 0 Å². The van der Waals surface area contributed by atoms with Crippen LogP contribution >= 0.6 is 0 Å². The highest BCUT2D eigenvalue weighted by molar-refractivity contribution is 5.79. The molecular weight excluding hydrogens is 247 g/mol. The number of carbonyl (C=O) groups excluding carboxylic acids is 1. The smallest absolute Gasteiger partial charge is 0.328 e. The summed E-state index contributed by atoms with van der Waals surface area (Å²) in [7, 11) is 0. The summed E-state index contributed by atoms with van der Waals surface area (Å²) < 4.78 is 43.9. The molecule has 1 unspecified atom stereocenters. The number of esters is 1. The number of anilines is 1. The van der Waals surface area contributed by atoms with Crippen molar-refractivity contribution < 1.29 is 22.7 Å². The number of carbonyl (C=O) groups is 1. The standard InChI is InChI=1S/C12H14F3NO2/c1-3-8(12(17)18-4-2)16-9-6-5-7(13)10(14)11(9)15/h5-6,8,16H,3-4H2,1-2H3. The lowest BCUT2D eigenvalue weighted by molar-refractivity contribution is -0.144. The molecule has 1 atom stereocenters. The maximum Gasteiger partial charge on any atom is 0.328 e. The summed E-state index contributed by atoms with van der Waals surface area (Å²) in [5.74, 6) is -4.76. The Kier molecular flexibility index (Phi) is 5.00. The van der Waals surface area contributed by atoms with Crippen LogP contribution in [0.3, 0.4) is 0 Å². The highest BCUT2D eigenvalue weighted by Crippen LogP contribution is 2.21. The highest BCUT2D eigenvalue weighted by Gasteiger charge is 2.21. The van der Waals surface area contributed by atoms with Gasteiger partial charge >= 0.3 is 5.97 Å². The number of halogens is 3. The summed E-state index contributed by atoms with van der Waals surface area (Å²) in [6.07, 6.45) is 0.331. The van der Waals surface area contributed by atoms with Crippen molar-refractivity contribution in [3.63, 3.8) is 0 Å². The maximum absolute atomic E-state index is 13.4. The Bertz CT molecular complexity index is 438. The lowest BCUT2D eigenvalue weighted by Crippen LogP contribution is -2.31. The fourth-order valence-electron chi connectivity index (χ4n) is 1.40. The zero-order valence-electron chi connectivity index (χ0n) is 10.1. The molecule has 0 saturated heterocycles. The fraction of sp³-hybridized carbons (Fsp3) is 0.417. The van der Waals surface area contributed by atoms with Crippen LogP contribution < -0.4 is 5.32 Å². The van der Waals surface area contributed by atoms with Crippen molar-refractivity contribution >= 4 is 11.7 Å². The second-order valence-electron chi connectivity index (χ2n) is 3.58. The second-order valence-corrected chi connectivity index (χ2v) is 3.58. The van der Waals surface area contributed by atoms with Crippen LogP contribution in [0.25, 0.3) is 0 Å². The van der Waals surface area contributed by atoms with Gasteiger partial charge in [0, 0.05) is 0 Å². The number of rotatable bonds is 5. The number of hydrogen-bond acceptors (Lipinski definition) is 3. The maximum atomic E-state index is 13.4. The summed E-state index contributed by atoms with van der Waals surface area (Å²) in [4.78, 5) is 11.5. The van der Waals surface area contributed by atoms with E-state index in [1.807, 2.05) is 0 Å². The molecule has 0 aliphatic heterocycles. The third-order valence-electron chi connectivity index (χ3n) is 2.34. The predicted octanol–water partition coefficient (Wildman–Crippen LogP) is 2.86. The van der Waals surface area contributed by atoms with E-state index < -0.39 is 29.5 Å². The number of nitrogens with one attached hydrogen (secondary N) is 1. The quantitative estimate of drug-likeness (QED) is 0.654. The van der Waals surface area contributed by atoms with E-state index >= 15 is 0 Å². The van der Waals surface area contributed by atoms with E-state index in [9.17, 15) is 18.0 Å². The van der Waals surface area contributed by atoms with Crippen LogP contribution in [0.4, 0.5) is 18.9 Å². The van der Waals surface area contributed by atoms with Crippen LogP contribution in [0.15, 0.2) is 12.1 Å². The third-order valence-corrected chi connectivity index (χ3v) is 2.34. The van der Waals surface area contributed by atoms with Gasteiger partial charge in [-0.05, 0) is 25.5 Å². The van der Waals surface area contributed by atoms with Gasteiger partial charge in [0.25, 0.3) is 0 Å². The molecule has 0 saturated carbocycles. The van der Waals surface area contributed by atoms with E-state index in [0.29, 0.717) is 6.42 Å². The minimum absolute atomic E-state index is 0.192. The molecule has 1 aromatic carbocycles. The van der Waals surface area contributed by atoms with Crippen LogP contribution in [0, 0.1) is 17.5 Å². The van der Waals surface area contributed by atoms with Gasteiger partial charge in [0.2, 0.25) is 0 Å². The Balaban J connectivity index is 2.89. The lowest BCUT2D eigenvalue weighted by Gasteiger charge is -2.17. The van der Waals surface area contributed by atoms with Crippen molar-refractivity contribution in [2.45, 2.75) is 26.3 Å². The van der Waals surface area contributed by atoms with Gasteiger partial charge in [-0.2, -0.15) is 0 Å². The first-order chi connectivity index (χ1) is 8.51. The van der Waals surface area contributed by atoms with Gasteiger partial charge < -0.3 is 10.1 Å². The van der Waals surface area contributed by atoms with Crippen molar-refractivity contribution in [3.05, 3.63) is 29.6 Å². The molecule has 18 heavy (non-hydrogen) atoms. The Morgan fingerprint density at radius 1 is 1.28 bits per heavy atom. The van der Waals surface area contributed by atoms with Gasteiger partial charge in [-0.15, -0.1) is 0 Å². The zero-order chi connectivity index (χ0) is 13.7. The molecule has 0 aromatic heterocycles. The van der Waals surface area contributed by atoms with E-state index in [2.05, 4.69) is 5.32 Å². The lowest BCUT2D eigenvalue weighted by atomic mass is 10.2. The molecule has 6 heteroatoms. The van der Waals surface area contributed by atoms with E-state index in [0.717, 1.165) is 12.1 Å². The minimum atomic E-state index is -1.57. The van der Waals surface area contributed by atoms with Crippen LogP contribution in [0.2, 0.25) is 0 Å². The first-order valence-corrected chi connectivity index (χ1v) is 5.57. The number of hydrogen-bond donors (Lipinski definition) is 1. The first-order valence-electron chi connectivity index (χ1n) is 5.57. The summed E-state index contributed by atoms with van der Waals surface area (Å²) >= 11 is 0. The molecule has 0 spiro atoms. The molecule has 0 amide bonds. The first kappa shape index (κ1) is 14.3. The molecule has 0 fully saturated rings. The van der Waals surface area contributed by atoms with E-state index in [-0.39, 0.29) is 12.3 Å². The molecular formula is C12H14F3NO2. The largest absolute Gasteiger partial charge is 0.464 e. The van der Waals surface area contributed by atoms with Crippen LogP contribution in [-0.4, -0.2) is 18.6 Å². The molecule has 0 radical (unpaired) electrons. The Labute approximate surface area is 103 Å². The van der Waals surface area contributed by atoms with Gasteiger partial charge in [0.1, 0.15) is 6.04 Å². The number of ether oxygens (including phenoxy) is 1. The zero-order valence-corrected chi connectivity index (χ0v) is 10.1. The molecule has 1 rings (SSSR count). The van der Waals surface area contributed by atoms with Gasteiger partial charge in [0.05, 0.1) is 12.3 Å². The Morgan fingerprint density at radius 3 is 2.50 bits per heavy atom. The van der Waals surface area contributed by atoms with Crippen LogP contribution in [0.1, 0.15) is 20.3 Å². The summed E-state index contributed by atoms with van der Waals surface area (Å²) in [6, 6.07) is 1.03. The van der Waals surface area contributed by atoms with Crippen LogP contribution in [-0.2, 0) is 9.53 Å². The predicted molar refractivity (Wildman–Crippen MR) is 60.7 cm³/mol. The molecule has 100 valence electrons. The molecule has 1 aromatic rings. The summed E-state index contributed by atoms with van der Waals surface area (Å²) in [6.45, 7) is 3.52. The molecule has 0 aliphatic carbocycles. The Morgan fingerprint density at radius 2 is 1.94 bits per heavy atom. The van der Waals surface area contributed by atoms with E-state index in [4.69, 9.17) is 4.74 Å². The third kappa shape index (κ3) is 3.15. The van der Waals surface area contributed by atoms with E-state index in [1.54, 1.807) is 13.8 Å². The van der Waals surface area contributed by atoms with Gasteiger partial charge in [0.15, 0.2) is 17.5 Å². The van der Waals surface area contributed by atoms with Crippen molar-refractivity contribution in [3.8, 4) is 0 Å². The van der Waals surface area contributed by atoms with Crippen molar-refractivity contribution in [1.82, 2.24) is 0 Å². The van der Waals surface area contributed by atoms with Gasteiger partial charge in [-0.1, -0.05) is 6.92 Å². The fourth-order valence-corrected chi connectivity index (χ4v) is 1.40. The van der Waals surface area contributed by atoms with Crippen molar-refractivity contribution in [2.75, 3.05) is 11.9 Å². The monoisotopic (exact) mass is 261 g/mol. The Hall–Kier alpha value is -1.72. The van der Waals surface area contributed by atoms with Gasteiger partial charge in [-0.25, -0.2) is 18.0 Å². The minimum Gasteiger partial charge on any atom is -0.464 e. The number of benzene rings is 1. The van der Waals surface area contributed by atoms with Crippen LogP contribution in [0.5, 0.6) is 0 Å². The SMILES string of the molecule is CCOC(=O)C(CC)Nc1ccc(F)c(F)c1F. The molecule has 0 aliphatic rings. The average molecular weight is 261 g/mol. The molecule has 0 heterocycles. The molecule has 3 nitrogen and oxygen atoms in total.